The van der Waals surface area contributed by atoms with Crippen LogP contribution in [-0.4, -0.2) is 29.8 Å². The minimum atomic E-state index is -2.51. The van der Waals surface area contributed by atoms with Gasteiger partial charge in [0, 0.05) is 24.9 Å². The van der Waals surface area contributed by atoms with Crippen molar-refractivity contribution in [2.45, 2.75) is 39.0 Å². The van der Waals surface area contributed by atoms with Crippen LogP contribution in [0.4, 0.5) is 8.78 Å². The molecule has 0 atom stereocenters. The molecule has 0 unspecified atom stereocenters. The number of hydrogen-bond acceptors (Lipinski definition) is 2. The number of furan rings is 1. The number of amides is 1. The second-order valence-corrected chi connectivity index (χ2v) is 5.78. The van der Waals surface area contributed by atoms with Gasteiger partial charge in [0.05, 0.1) is 5.56 Å². The van der Waals surface area contributed by atoms with Gasteiger partial charge in [-0.05, 0) is 32.8 Å². The number of halogens is 2. The van der Waals surface area contributed by atoms with E-state index < -0.39 is 11.3 Å². The summed E-state index contributed by atoms with van der Waals surface area (Å²) in [4.78, 5) is 14.0. The van der Waals surface area contributed by atoms with Gasteiger partial charge in [0.15, 0.2) is 0 Å². The molecule has 19 heavy (non-hydrogen) atoms. The molecule has 0 bridgehead atoms. The molecule has 1 aliphatic heterocycles. The number of carbonyl (C=O) groups excluding carboxylic acids is 1. The molecule has 5 heteroatoms. The van der Waals surface area contributed by atoms with Crippen LogP contribution in [0.15, 0.2) is 10.5 Å². The van der Waals surface area contributed by atoms with E-state index in [4.69, 9.17) is 4.42 Å². The van der Waals surface area contributed by atoms with E-state index in [1.165, 1.54) is 0 Å². The molecule has 1 aromatic rings. The Balaban J connectivity index is 1.69. The normalized spacial score (nSPS) is 23.7. The zero-order valence-electron chi connectivity index (χ0n) is 11.1. The highest BCUT2D eigenvalue weighted by atomic mass is 19.3. The average Bonchev–Trinajstić information content (AvgIpc) is 2.68. The molecule has 1 amide bonds. The van der Waals surface area contributed by atoms with Crippen LogP contribution in [0.5, 0.6) is 0 Å². The molecule has 2 aliphatic rings. The molecule has 0 aromatic carbocycles. The summed E-state index contributed by atoms with van der Waals surface area (Å²) in [7, 11) is 0. The Labute approximate surface area is 110 Å². The summed E-state index contributed by atoms with van der Waals surface area (Å²) in [6.45, 7) is 4.37. The molecule has 1 aromatic heterocycles. The second kappa shape index (κ2) is 3.81. The standard InChI is InChI=1S/C14H17F2NO2/c1-9-7-11(10(2)19-9)12(18)17-5-3-13(4-6-17)8-14(13,15)16/h7H,3-6,8H2,1-2H3. The lowest BCUT2D eigenvalue weighted by atomic mass is 9.92. The van der Waals surface area contributed by atoms with Crippen LogP contribution in [0.3, 0.4) is 0 Å². The molecule has 2 fully saturated rings. The Morgan fingerprint density at radius 2 is 1.89 bits per heavy atom. The monoisotopic (exact) mass is 269 g/mol. The molecule has 1 aliphatic carbocycles. The van der Waals surface area contributed by atoms with Crippen molar-refractivity contribution in [3.8, 4) is 0 Å². The number of nitrogens with zero attached hydrogens (tertiary/aromatic N) is 1. The molecule has 3 nitrogen and oxygen atoms in total. The van der Waals surface area contributed by atoms with Crippen LogP contribution < -0.4 is 0 Å². The fourth-order valence-corrected chi connectivity index (χ4v) is 3.07. The van der Waals surface area contributed by atoms with E-state index in [0.717, 1.165) is 0 Å². The predicted octanol–water partition coefficient (Wildman–Crippen LogP) is 3.16. The van der Waals surface area contributed by atoms with Gasteiger partial charge in [-0.2, -0.15) is 0 Å². The zero-order valence-corrected chi connectivity index (χ0v) is 11.1. The number of hydrogen-bond donors (Lipinski definition) is 0. The first kappa shape index (κ1) is 12.6. The van der Waals surface area contributed by atoms with Gasteiger partial charge in [0.1, 0.15) is 11.5 Å². The lowest BCUT2D eigenvalue weighted by Crippen LogP contribution is -2.40. The van der Waals surface area contributed by atoms with Crippen molar-refractivity contribution < 1.29 is 18.0 Å². The van der Waals surface area contributed by atoms with Crippen LogP contribution in [-0.2, 0) is 0 Å². The Hall–Kier alpha value is -1.39. The topological polar surface area (TPSA) is 33.5 Å². The summed E-state index contributed by atoms with van der Waals surface area (Å²) < 4.78 is 31.9. The van der Waals surface area contributed by atoms with Crippen molar-refractivity contribution in [2.75, 3.05) is 13.1 Å². The lowest BCUT2D eigenvalue weighted by molar-refractivity contribution is 0.0284. The molecule has 1 spiro atoms. The summed E-state index contributed by atoms with van der Waals surface area (Å²) in [5.74, 6) is -1.32. The first-order valence-electron chi connectivity index (χ1n) is 6.59. The van der Waals surface area contributed by atoms with Gasteiger partial charge >= 0.3 is 0 Å². The first-order valence-corrected chi connectivity index (χ1v) is 6.59. The van der Waals surface area contributed by atoms with Crippen molar-refractivity contribution in [1.82, 2.24) is 4.90 Å². The van der Waals surface area contributed by atoms with Crippen molar-refractivity contribution >= 4 is 5.91 Å². The van der Waals surface area contributed by atoms with Crippen LogP contribution in [0.2, 0.25) is 0 Å². The van der Waals surface area contributed by atoms with E-state index in [0.29, 0.717) is 43.0 Å². The van der Waals surface area contributed by atoms with Gasteiger partial charge < -0.3 is 9.32 Å². The van der Waals surface area contributed by atoms with Gasteiger partial charge in [0.2, 0.25) is 0 Å². The van der Waals surface area contributed by atoms with Gasteiger partial charge in [-0.3, -0.25) is 4.79 Å². The molecular formula is C14H17F2NO2. The Morgan fingerprint density at radius 3 is 2.32 bits per heavy atom. The Morgan fingerprint density at radius 1 is 1.32 bits per heavy atom. The SMILES string of the molecule is Cc1cc(C(=O)N2CCC3(CC2)CC3(F)F)c(C)o1. The van der Waals surface area contributed by atoms with Crippen LogP contribution in [0.25, 0.3) is 0 Å². The Kier molecular flexibility index (Phi) is 2.53. The minimum Gasteiger partial charge on any atom is -0.466 e. The number of aryl methyl sites for hydroxylation is 2. The zero-order chi connectivity index (χ0) is 13.8. The van der Waals surface area contributed by atoms with E-state index in [-0.39, 0.29) is 12.3 Å². The van der Waals surface area contributed by atoms with Crippen molar-refractivity contribution in [2.24, 2.45) is 5.41 Å². The summed E-state index contributed by atoms with van der Waals surface area (Å²) in [6, 6.07) is 1.72. The highest BCUT2D eigenvalue weighted by molar-refractivity contribution is 5.95. The number of piperidine rings is 1. The third kappa shape index (κ3) is 1.86. The highest BCUT2D eigenvalue weighted by Crippen LogP contribution is 2.65. The molecule has 104 valence electrons. The van der Waals surface area contributed by atoms with E-state index in [2.05, 4.69) is 0 Å². The maximum absolute atomic E-state index is 13.3. The molecule has 2 heterocycles. The maximum atomic E-state index is 13.3. The number of carbonyl (C=O) groups is 1. The van der Waals surface area contributed by atoms with Gasteiger partial charge in [-0.25, -0.2) is 8.78 Å². The lowest BCUT2D eigenvalue weighted by Gasteiger charge is -2.32. The highest BCUT2D eigenvalue weighted by Gasteiger charge is 2.70. The van der Waals surface area contributed by atoms with Crippen LogP contribution in [0, 0.1) is 19.3 Å². The molecule has 0 radical (unpaired) electrons. The van der Waals surface area contributed by atoms with Crippen molar-refractivity contribution in [1.29, 1.82) is 0 Å². The second-order valence-electron chi connectivity index (χ2n) is 5.78. The maximum Gasteiger partial charge on any atom is 0.257 e. The number of rotatable bonds is 1. The summed E-state index contributed by atoms with van der Waals surface area (Å²) in [5, 5.41) is 0. The number of likely N-dealkylation sites (tertiary alicyclic amines) is 1. The summed E-state index contributed by atoms with van der Waals surface area (Å²) >= 11 is 0. The van der Waals surface area contributed by atoms with E-state index >= 15 is 0 Å². The summed E-state index contributed by atoms with van der Waals surface area (Å²) in [6.07, 6.45) is 0.801. The molecular weight excluding hydrogens is 252 g/mol. The van der Waals surface area contributed by atoms with Gasteiger partial charge in [-0.1, -0.05) is 0 Å². The van der Waals surface area contributed by atoms with E-state index in [1.54, 1.807) is 24.8 Å². The summed E-state index contributed by atoms with van der Waals surface area (Å²) in [5.41, 5.74) is -0.262. The van der Waals surface area contributed by atoms with Crippen molar-refractivity contribution in [3.05, 3.63) is 23.2 Å². The molecule has 1 saturated heterocycles. The van der Waals surface area contributed by atoms with Gasteiger partial charge in [-0.15, -0.1) is 0 Å². The van der Waals surface area contributed by atoms with E-state index in [1.807, 2.05) is 0 Å². The third-order valence-electron chi connectivity index (χ3n) is 4.49. The fourth-order valence-electron chi connectivity index (χ4n) is 3.07. The number of alkyl halides is 2. The van der Waals surface area contributed by atoms with E-state index in [9.17, 15) is 13.6 Å². The fraction of sp³-hybridized carbons (Fsp3) is 0.643. The third-order valence-corrected chi connectivity index (χ3v) is 4.49. The largest absolute Gasteiger partial charge is 0.466 e. The predicted molar refractivity (Wildman–Crippen MR) is 65.3 cm³/mol. The van der Waals surface area contributed by atoms with Crippen molar-refractivity contribution in [3.63, 3.8) is 0 Å². The van der Waals surface area contributed by atoms with Crippen LogP contribution in [0.1, 0.15) is 41.1 Å². The quantitative estimate of drug-likeness (QED) is 0.784. The molecule has 3 rings (SSSR count). The molecule has 1 saturated carbocycles. The minimum absolute atomic E-state index is 0.00806. The first-order chi connectivity index (χ1) is 8.85. The average molecular weight is 269 g/mol. The van der Waals surface area contributed by atoms with Gasteiger partial charge in [0.25, 0.3) is 11.8 Å². The Bertz CT molecular complexity index is 528. The smallest absolute Gasteiger partial charge is 0.257 e. The van der Waals surface area contributed by atoms with Crippen LogP contribution >= 0.6 is 0 Å². The molecule has 0 N–H and O–H groups in total.